The number of benzene rings is 1. The van der Waals surface area contributed by atoms with E-state index < -0.39 is 5.82 Å². The highest BCUT2D eigenvalue weighted by molar-refractivity contribution is 6.30. The summed E-state index contributed by atoms with van der Waals surface area (Å²) < 4.78 is 14.9. The molecule has 0 spiro atoms. The first-order valence-corrected chi connectivity index (χ1v) is 6.09. The topological polar surface area (TPSA) is 29.9 Å². The zero-order chi connectivity index (χ0) is 13.1. The highest BCUT2D eigenvalue weighted by atomic mass is 35.5. The SMILES string of the molecule is CNCc1cn(Cc2ccc(F)c(Cl)c2)nc1C. The molecule has 2 rings (SSSR count). The maximum Gasteiger partial charge on any atom is 0.141 e. The third-order valence-corrected chi connectivity index (χ3v) is 3.03. The number of aryl methyl sites for hydroxylation is 1. The van der Waals surface area contributed by atoms with Gasteiger partial charge in [0.05, 0.1) is 17.3 Å². The van der Waals surface area contributed by atoms with Gasteiger partial charge in [-0.3, -0.25) is 4.68 Å². The van der Waals surface area contributed by atoms with Gasteiger partial charge in [0.25, 0.3) is 0 Å². The fourth-order valence-electron chi connectivity index (χ4n) is 1.83. The van der Waals surface area contributed by atoms with Crippen molar-refractivity contribution in [1.82, 2.24) is 15.1 Å². The molecule has 0 saturated carbocycles. The van der Waals surface area contributed by atoms with Gasteiger partial charge >= 0.3 is 0 Å². The molecule has 3 nitrogen and oxygen atoms in total. The van der Waals surface area contributed by atoms with Crippen LogP contribution in [0.4, 0.5) is 4.39 Å². The molecule has 1 aromatic carbocycles. The quantitative estimate of drug-likeness (QED) is 0.923. The second kappa shape index (κ2) is 5.50. The summed E-state index contributed by atoms with van der Waals surface area (Å²) in [7, 11) is 1.90. The summed E-state index contributed by atoms with van der Waals surface area (Å²) in [6.45, 7) is 3.35. The van der Waals surface area contributed by atoms with E-state index >= 15 is 0 Å². The van der Waals surface area contributed by atoms with Gasteiger partial charge < -0.3 is 5.32 Å². The summed E-state index contributed by atoms with van der Waals surface area (Å²) in [5, 5.41) is 7.66. The van der Waals surface area contributed by atoms with Gasteiger partial charge in [-0.15, -0.1) is 0 Å². The zero-order valence-corrected chi connectivity index (χ0v) is 11.1. The van der Waals surface area contributed by atoms with Crippen molar-refractivity contribution in [2.75, 3.05) is 7.05 Å². The van der Waals surface area contributed by atoms with E-state index in [9.17, 15) is 4.39 Å². The summed E-state index contributed by atoms with van der Waals surface area (Å²) in [5.41, 5.74) is 3.09. The average molecular weight is 268 g/mol. The molecule has 0 bridgehead atoms. The van der Waals surface area contributed by atoms with E-state index in [2.05, 4.69) is 10.4 Å². The van der Waals surface area contributed by atoms with Crippen molar-refractivity contribution in [2.45, 2.75) is 20.0 Å². The minimum absolute atomic E-state index is 0.145. The van der Waals surface area contributed by atoms with Crippen LogP contribution in [0.2, 0.25) is 5.02 Å². The largest absolute Gasteiger partial charge is 0.316 e. The molecule has 0 unspecified atom stereocenters. The van der Waals surface area contributed by atoms with Crippen LogP contribution < -0.4 is 5.32 Å². The number of aromatic nitrogens is 2. The third-order valence-electron chi connectivity index (χ3n) is 2.74. The van der Waals surface area contributed by atoms with E-state index in [0.717, 1.165) is 23.4 Å². The molecule has 0 aliphatic carbocycles. The summed E-state index contributed by atoms with van der Waals surface area (Å²) in [6, 6.07) is 4.73. The lowest BCUT2D eigenvalue weighted by atomic mass is 10.2. The van der Waals surface area contributed by atoms with Gasteiger partial charge in [-0.05, 0) is 31.7 Å². The van der Waals surface area contributed by atoms with E-state index in [1.807, 2.05) is 24.9 Å². The van der Waals surface area contributed by atoms with Gasteiger partial charge in [-0.25, -0.2) is 4.39 Å². The van der Waals surface area contributed by atoms with E-state index in [-0.39, 0.29) is 5.02 Å². The first-order chi connectivity index (χ1) is 8.60. The molecule has 0 radical (unpaired) electrons. The van der Waals surface area contributed by atoms with Crippen molar-refractivity contribution in [3.8, 4) is 0 Å². The Labute approximate surface area is 111 Å². The van der Waals surface area contributed by atoms with Crippen molar-refractivity contribution < 1.29 is 4.39 Å². The maximum absolute atomic E-state index is 13.0. The van der Waals surface area contributed by atoms with Crippen LogP contribution in [0.25, 0.3) is 0 Å². The molecule has 0 aliphatic heterocycles. The van der Waals surface area contributed by atoms with Gasteiger partial charge in [-0.1, -0.05) is 17.7 Å². The number of hydrogen-bond donors (Lipinski definition) is 1. The lowest BCUT2D eigenvalue weighted by Crippen LogP contribution is -2.05. The molecular formula is C13H15ClFN3. The summed E-state index contributed by atoms with van der Waals surface area (Å²) >= 11 is 5.75. The van der Waals surface area contributed by atoms with Crippen LogP contribution in [0.5, 0.6) is 0 Å². The Bertz CT molecular complexity index is 551. The molecule has 0 amide bonds. The average Bonchev–Trinajstić information content (AvgIpc) is 2.65. The predicted octanol–water partition coefficient (Wildman–Crippen LogP) is 2.75. The minimum Gasteiger partial charge on any atom is -0.316 e. The number of halogens is 2. The van der Waals surface area contributed by atoms with Gasteiger partial charge in [0.1, 0.15) is 5.82 Å². The highest BCUT2D eigenvalue weighted by Gasteiger charge is 2.06. The third kappa shape index (κ3) is 2.89. The molecule has 1 heterocycles. The van der Waals surface area contributed by atoms with E-state index in [0.29, 0.717) is 6.54 Å². The second-order valence-electron chi connectivity index (χ2n) is 4.22. The van der Waals surface area contributed by atoms with Crippen LogP contribution >= 0.6 is 11.6 Å². The van der Waals surface area contributed by atoms with Crippen molar-refractivity contribution in [2.24, 2.45) is 0 Å². The first kappa shape index (κ1) is 13.1. The number of nitrogens with one attached hydrogen (secondary N) is 1. The van der Waals surface area contributed by atoms with E-state index in [1.165, 1.54) is 6.07 Å². The Balaban J connectivity index is 2.18. The smallest absolute Gasteiger partial charge is 0.141 e. The molecule has 1 N–H and O–H groups in total. The first-order valence-electron chi connectivity index (χ1n) is 5.71. The predicted molar refractivity (Wildman–Crippen MR) is 70.2 cm³/mol. The van der Waals surface area contributed by atoms with Crippen LogP contribution in [-0.2, 0) is 13.1 Å². The Morgan fingerprint density at radius 2 is 2.22 bits per heavy atom. The van der Waals surface area contributed by atoms with Gasteiger partial charge in [0, 0.05) is 18.3 Å². The maximum atomic E-state index is 13.0. The van der Waals surface area contributed by atoms with Crippen molar-refractivity contribution >= 4 is 11.6 Å². The van der Waals surface area contributed by atoms with E-state index in [4.69, 9.17) is 11.6 Å². The van der Waals surface area contributed by atoms with Crippen molar-refractivity contribution in [1.29, 1.82) is 0 Å². The van der Waals surface area contributed by atoms with E-state index in [1.54, 1.807) is 12.1 Å². The Kier molecular flexibility index (Phi) is 3.99. The number of rotatable bonds is 4. The molecule has 5 heteroatoms. The Hall–Kier alpha value is -1.39. The van der Waals surface area contributed by atoms with Crippen molar-refractivity contribution in [3.05, 3.63) is 52.1 Å². The highest BCUT2D eigenvalue weighted by Crippen LogP contribution is 2.17. The second-order valence-corrected chi connectivity index (χ2v) is 4.62. The molecule has 18 heavy (non-hydrogen) atoms. The summed E-state index contributed by atoms with van der Waals surface area (Å²) in [6.07, 6.45) is 1.99. The fourth-order valence-corrected chi connectivity index (χ4v) is 2.03. The fraction of sp³-hybridized carbons (Fsp3) is 0.308. The summed E-state index contributed by atoms with van der Waals surface area (Å²) in [5.74, 6) is -0.395. The molecule has 2 aromatic rings. The lowest BCUT2D eigenvalue weighted by Gasteiger charge is -2.03. The molecule has 1 aromatic heterocycles. The molecule has 0 saturated heterocycles. The monoisotopic (exact) mass is 267 g/mol. The standard InChI is InChI=1S/C13H15ClFN3/c1-9-11(6-16-2)8-18(17-9)7-10-3-4-13(15)12(14)5-10/h3-5,8,16H,6-7H2,1-2H3. The lowest BCUT2D eigenvalue weighted by molar-refractivity contribution is 0.624. The van der Waals surface area contributed by atoms with Crippen LogP contribution in [0.3, 0.4) is 0 Å². The number of nitrogens with zero attached hydrogens (tertiary/aromatic N) is 2. The minimum atomic E-state index is -0.395. The van der Waals surface area contributed by atoms with Crippen LogP contribution in [0.15, 0.2) is 24.4 Å². The number of hydrogen-bond acceptors (Lipinski definition) is 2. The van der Waals surface area contributed by atoms with Gasteiger partial charge in [0.2, 0.25) is 0 Å². The summed E-state index contributed by atoms with van der Waals surface area (Å²) in [4.78, 5) is 0. The normalized spacial score (nSPS) is 10.9. The molecule has 0 fully saturated rings. The Morgan fingerprint density at radius 3 is 2.89 bits per heavy atom. The molecule has 0 atom stereocenters. The van der Waals surface area contributed by atoms with Crippen LogP contribution in [-0.4, -0.2) is 16.8 Å². The molecule has 0 aliphatic rings. The van der Waals surface area contributed by atoms with Crippen LogP contribution in [0, 0.1) is 12.7 Å². The van der Waals surface area contributed by atoms with Crippen molar-refractivity contribution in [3.63, 3.8) is 0 Å². The molecule has 96 valence electrons. The van der Waals surface area contributed by atoms with Gasteiger partial charge in [0.15, 0.2) is 0 Å². The molecular weight excluding hydrogens is 253 g/mol. The van der Waals surface area contributed by atoms with Gasteiger partial charge in [-0.2, -0.15) is 5.10 Å². The van der Waals surface area contributed by atoms with Crippen LogP contribution in [0.1, 0.15) is 16.8 Å². The Morgan fingerprint density at radius 1 is 1.44 bits per heavy atom. The zero-order valence-electron chi connectivity index (χ0n) is 10.4.